The molecule has 1 fully saturated rings. The van der Waals surface area contributed by atoms with Crippen LogP contribution in [0.4, 0.5) is 0 Å². The molecular formula is C18H27NO2. The van der Waals surface area contributed by atoms with Gasteiger partial charge in [-0.2, -0.15) is 0 Å². The average Bonchev–Trinajstić information content (AvgIpc) is 2.97. The van der Waals surface area contributed by atoms with Crippen LogP contribution in [0, 0.1) is 5.92 Å². The summed E-state index contributed by atoms with van der Waals surface area (Å²) in [5.41, 5.74) is 8.97. The van der Waals surface area contributed by atoms with Gasteiger partial charge in [0.1, 0.15) is 5.75 Å². The maximum absolute atomic E-state index is 6.66. The number of ether oxygens (including phenoxy) is 2. The molecule has 116 valence electrons. The molecule has 1 unspecified atom stereocenters. The number of benzene rings is 1. The van der Waals surface area contributed by atoms with Crippen molar-refractivity contribution in [2.24, 2.45) is 11.7 Å². The van der Waals surface area contributed by atoms with Crippen molar-refractivity contribution < 1.29 is 9.47 Å². The van der Waals surface area contributed by atoms with Gasteiger partial charge in [-0.1, -0.05) is 19.1 Å². The molecule has 1 saturated carbocycles. The van der Waals surface area contributed by atoms with E-state index in [1.54, 1.807) is 0 Å². The van der Waals surface area contributed by atoms with Crippen LogP contribution in [0.2, 0.25) is 0 Å². The summed E-state index contributed by atoms with van der Waals surface area (Å²) in [6.07, 6.45) is 5.55. The molecule has 1 aromatic carbocycles. The Balaban J connectivity index is 1.85. The summed E-state index contributed by atoms with van der Waals surface area (Å²) in [7, 11) is 0. The lowest BCUT2D eigenvalue weighted by Crippen LogP contribution is -2.46. The van der Waals surface area contributed by atoms with E-state index in [-0.39, 0.29) is 11.6 Å². The molecule has 3 nitrogen and oxygen atoms in total. The Morgan fingerprint density at radius 3 is 2.86 bits per heavy atom. The van der Waals surface area contributed by atoms with Crippen LogP contribution in [0.5, 0.6) is 5.75 Å². The predicted octanol–water partition coefficient (Wildman–Crippen LogP) is 3.61. The van der Waals surface area contributed by atoms with E-state index in [1.165, 1.54) is 24.0 Å². The minimum Gasteiger partial charge on any atom is -0.493 e. The first-order valence-electron chi connectivity index (χ1n) is 8.30. The summed E-state index contributed by atoms with van der Waals surface area (Å²) in [5, 5.41) is 0. The van der Waals surface area contributed by atoms with Gasteiger partial charge in [0.05, 0.1) is 18.2 Å². The largest absolute Gasteiger partial charge is 0.493 e. The van der Waals surface area contributed by atoms with E-state index >= 15 is 0 Å². The molecule has 2 aliphatic rings. The van der Waals surface area contributed by atoms with Crippen molar-refractivity contribution in [1.29, 1.82) is 0 Å². The number of nitrogens with two attached hydrogens (primary N) is 1. The van der Waals surface area contributed by atoms with Crippen LogP contribution < -0.4 is 10.5 Å². The van der Waals surface area contributed by atoms with Gasteiger partial charge in [0.2, 0.25) is 0 Å². The van der Waals surface area contributed by atoms with Crippen LogP contribution in [0.1, 0.15) is 56.7 Å². The summed E-state index contributed by atoms with van der Waals surface area (Å²) in [4.78, 5) is 0. The molecule has 1 aliphatic carbocycles. The molecule has 3 heteroatoms. The first-order chi connectivity index (χ1) is 10.1. The van der Waals surface area contributed by atoms with Crippen molar-refractivity contribution in [3.05, 3.63) is 29.3 Å². The molecule has 1 atom stereocenters. The van der Waals surface area contributed by atoms with E-state index in [0.29, 0.717) is 0 Å². The second-order valence-electron chi connectivity index (χ2n) is 6.62. The van der Waals surface area contributed by atoms with E-state index in [0.717, 1.165) is 44.1 Å². The highest BCUT2D eigenvalue weighted by Crippen LogP contribution is 2.43. The molecule has 1 aromatic rings. The third-order valence-electron chi connectivity index (χ3n) is 5.19. The highest BCUT2D eigenvalue weighted by atomic mass is 16.5. The fraction of sp³-hybridized carbons (Fsp3) is 0.667. The Morgan fingerprint density at radius 1 is 1.38 bits per heavy atom. The highest BCUT2D eigenvalue weighted by molar-refractivity contribution is 5.41. The molecule has 1 aliphatic heterocycles. The van der Waals surface area contributed by atoms with Gasteiger partial charge in [0.15, 0.2) is 0 Å². The minimum atomic E-state index is -0.186. The summed E-state index contributed by atoms with van der Waals surface area (Å²) >= 11 is 0. The molecule has 1 heterocycles. The Morgan fingerprint density at radius 2 is 2.14 bits per heavy atom. The van der Waals surface area contributed by atoms with Crippen molar-refractivity contribution in [3.8, 4) is 5.75 Å². The first kappa shape index (κ1) is 14.9. The summed E-state index contributed by atoms with van der Waals surface area (Å²) in [6, 6.07) is 6.37. The van der Waals surface area contributed by atoms with Crippen molar-refractivity contribution in [3.63, 3.8) is 0 Å². The lowest BCUT2D eigenvalue weighted by molar-refractivity contribution is -0.0896. The Kier molecular flexibility index (Phi) is 4.23. The van der Waals surface area contributed by atoms with Gasteiger partial charge in [-0.05, 0) is 55.7 Å². The molecule has 2 N–H and O–H groups in total. The number of hydrogen-bond acceptors (Lipinski definition) is 3. The molecule has 0 saturated heterocycles. The van der Waals surface area contributed by atoms with Gasteiger partial charge in [0.25, 0.3) is 0 Å². The molecular weight excluding hydrogens is 262 g/mol. The van der Waals surface area contributed by atoms with Gasteiger partial charge in [-0.25, -0.2) is 0 Å². The Labute approximate surface area is 127 Å². The lowest BCUT2D eigenvalue weighted by atomic mass is 9.73. The van der Waals surface area contributed by atoms with Gasteiger partial charge in [-0.15, -0.1) is 0 Å². The number of fused-ring (bicyclic) bond motifs is 1. The van der Waals surface area contributed by atoms with Crippen LogP contribution in [0.3, 0.4) is 0 Å². The number of rotatable bonds is 4. The maximum atomic E-state index is 6.66. The Hall–Kier alpha value is -1.06. The molecule has 0 bridgehead atoms. The van der Waals surface area contributed by atoms with E-state index in [2.05, 4.69) is 32.0 Å². The van der Waals surface area contributed by atoms with E-state index < -0.39 is 0 Å². The monoisotopic (exact) mass is 289 g/mol. The fourth-order valence-corrected chi connectivity index (χ4v) is 3.79. The zero-order valence-electron chi connectivity index (χ0n) is 13.2. The summed E-state index contributed by atoms with van der Waals surface area (Å²) in [6.45, 7) is 5.93. The highest BCUT2D eigenvalue weighted by Gasteiger charge is 2.41. The van der Waals surface area contributed by atoms with Crippen LogP contribution in [0.25, 0.3) is 0 Å². The van der Waals surface area contributed by atoms with Gasteiger partial charge < -0.3 is 15.2 Å². The Bertz CT molecular complexity index is 492. The number of hydrogen-bond donors (Lipinski definition) is 1. The molecule has 0 aromatic heterocycles. The van der Waals surface area contributed by atoms with Crippen molar-refractivity contribution >= 4 is 0 Å². The molecule has 0 radical (unpaired) electrons. The van der Waals surface area contributed by atoms with Crippen LogP contribution in [-0.4, -0.2) is 18.8 Å². The zero-order valence-corrected chi connectivity index (χ0v) is 13.2. The smallest absolute Gasteiger partial charge is 0.122 e. The van der Waals surface area contributed by atoms with E-state index in [1.807, 2.05) is 0 Å². The van der Waals surface area contributed by atoms with Gasteiger partial charge in [-0.3, -0.25) is 0 Å². The predicted molar refractivity (Wildman–Crippen MR) is 84.6 cm³/mol. The van der Waals surface area contributed by atoms with Crippen LogP contribution in [-0.2, 0) is 11.2 Å². The van der Waals surface area contributed by atoms with E-state index in [4.69, 9.17) is 15.2 Å². The van der Waals surface area contributed by atoms with E-state index in [9.17, 15) is 0 Å². The van der Waals surface area contributed by atoms with Crippen LogP contribution in [0.15, 0.2) is 18.2 Å². The van der Waals surface area contributed by atoms with Gasteiger partial charge >= 0.3 is 0 Å². The van der Waals surface area contributed by atoms with Crippen molar-refractivity contribution in [2.75, 3.05) is 13.2 Å². The first-order valence-corrected chi connectivity index (χ1v) is 8.30. The van der Waals surface area contributed by atoms with Crippen molar-refractivity contribution in [1.82, 2.24) is 0 Å². The lowest BCUT2D eigenvalue weighted by Gasteiger charge is -2.43. The van der Waals surface area contributed by atoms with Crippen LogP contribution >= 0.6 is 0 Å². The summed E-state index contributed by atoms with van der Waals surface area (Å²) in [5.74, 6) is 1.81. The second-order valence-corrected chi connectivity index (χ2v) is 6.62. The SMILES string of the molecule is CCOC1(C(N)c2ccc3c(c2)CCO3)CCC(C)CC1. The third-order valence-corrected chi connectivity index (χ3v) is 5.19. The molecule has 21 heavy (non-hydrogen) atoms. The summed E-state index contributed by atoms with van der Waals surface area (Å²) < 4.78 is 11.8. The second kappa shape index (κ2) is 5.98. The van der Waals surface area contributed by atoms with Crippen molar-refractivity contribution in [2.45, 2.75) is 57.6 Å². The normalized spacial score (nSPS) is 29.8. The zero-order chi connectivity index (χ0) is 14.9. The minimum absolute atomic E-state index is 0.0455. The quantitative estimate of drug-likeness (QED) is 0.921. The average molecular weight is 289 g/mol. The van der Waals surface area contributed by atoms with Gasteiger partial charge in [0, 0.05) is 13.0 Å². The third kappa shape index (κ3) is 2.82. The maximum Gasteiger partial charge on any atom is 0.122 e. The molecule has 3 rings (SSSR count). The molecule has 0 amide bonds. The standard InChI is InChI=1S/C18H27NO2/c1-3-21-18(9-6-13(2)7-10-18)17(19)15-4-5-16-14(12-15)8-11-20-16/h4-5,12-13,17H,3,6-11,19H2,1-2H3. The molecule has 0 spiro atoms. The topological polar surface area (TPSA) is 44.5 Å². The fourth-order valence-electron chi connectivity index (χ4n) is 3.79.